The molecule has 0 bridgehead atoms. The maximum Gasteiger partial charge on any atom is 0.0577 e. The van der Waals surface area contributed by atoms with Gasteiger partial charge in [-0.15, -0.1) is 0 Å². The monoisotopic (exact) mass is 358 g/mol. The number of hydrogen-bond donors (Lipinski definition) is 1. The zero-order valence-electron chi connectivity index (χ0n) is 17.5. The molecule has 7 atom stereocenters. The Hall–Kier alpha value is -0.830. The third-order valence-electron chi connectivity index (χ3n) is 8.94. The molecule has 4 rings (SSSR count). The number of hydrazone groups is 1. The summed E-state index contributed by atoms with van der Waals surface area (Å²) in [5.41, 5.74) is 3.72. The molecule has 26 heavy (non-hydrogen) atoms. The van der Waals surface area contributed by atoms with E-state index in [0.29, 0.717) is 16.7 Å². The highest BCUT2D eigenvalue weighted by atomic mass is 16.3. The van der Waals surface area contributed by atoms with Gasteiger partial charge < -0.3 is 10.1 Å². The molecule has 0 spiro atoms. The molecule has 0 saturated heterocycles. The highest BCUT2D eigenvalue weighted by Crippen LogP contribution is 2.66. The van der Waals surface area contributed by atoms with Crippen LogP contribution in [0, 0.1) is 34.5 Å². The van der Waals surface area contributed by atoms with E-state index in [1.807, 2.05) is 19.1 Å². The molecule has 4 unspecified atom stereocenters. The van der Waals surface area contributed by atoms with Crippen LogP contribution in [0.25, 0.3) is 0 Å². The minimum absolute atomic E-state index is 0.0968. The number of fused-ring (bicyclic) bond motifs is 5. The third-order valence-corrected chi connectivity index (χ3v) is 8.94. The van der Waals surface area contributed by atoms with Gasteiger partial charge in [-0.05, 0) is 86.9 Å². The molecule has 0 aliphatic heterocycles. The Kier molecular flexibility index (Phi) is 4.53. The molecule has 1 N–H and O–H groups in total. The number of aliphatic hydroxyl groups excluding tert-OH is 1. The lowest BCUT2D eigenvalue weighted by molar-refractivity contribution is -0.0424. The lowest BCUT2D eigenvalue weighted by Crippen LogP contribution is -2.51. The molecule has 146 valence electrons. The van der Waals surface area contributed by atoms with Crippen molar-refractivity contribution < 1.29 is 5.11 Å². The van der Waals surface area contributed by atoms with Gasteiger partial charge in [0, 0.05) is 25.7 Å². The standard InChI is InChI=1S/C23H38N2O/c1-15(24-25(4)5)19-8-9-20-18-7-6-16-14-17(26)10-12-22(16,2)21(18)11-13-23(19,20)3/h6,17-21,26H,7-14H2,1-5H3/b24-15+/t17-,18?,19?,20?,21?,22-,23+/m0/s1. The van der Waals surface area contributed by atoms with Crippen LogP contribution in [0.2, 0.25) is 0 Å². The molecule has 3 nitrogen and oxygen atoms in total. The van der Waals surface area contributed by atoms with Gasteiger partial charge in [-0.25, -0.2) is 0 Å². The minimum atomic E-state index is -0.0968. The van der Waals surface area contributed by atoms with Gasteiger partial charge in [0.05, 0.1) is 6.10 Å². The normalized spacial score (nSPS) is 48.3. The summed E-state index contributed by atoms with van der Waals surface area (Å²) in [5, 5.41) is 16.9. The van der Waals surface area contributed by atoms with Crippen LogP contribution in [0.4, 0.5) is 0 Å². The smallest absolute Gasteiger partial charge is 0.0577 e. The Labute approximate surface area is 159 Å². The van der Waals surface area contributed by atoms with Crippen molar-refractivity contribution in [2.24, 2.45) is 39.6 Å². The molecule has 3 saturated carbocycles. The number of allylic oxidation sites excluding steroid dienone is 1. The first kappa shape index (κ1) is 18.5. The Morgan fingerprint density at radius 2 is 1.88 bits per heavy atom. The zero-order valence-corrected chi connectivity index (χ0v) is 17.5. The first-order valence-electron chi connectivity index (χ1n) is 10.9. The SMILES string of the molecule is C/C(=N\N(C)C)C1CCC2C3CC=C4C[C@@H](O)CC[C@]4(C)C3CC[C@]12C. The quantitative estimate of drug-likeness (QED) is 0.434. The summed E-state index contributed by atoms with van der Waals surface area (Å²) >= 11 is 0. The molecule has 4 aliphatic rings. The van der Waals surface area contributed by atoms with Crippen LogP contribution in [0.3, 0.4) is 0 Å². The molecular formula is C23H38N2O. The maximum atomic E-state index is 10.2. The topological polar surface area (TPSA) is 35.8 Å². The van der Waals surface area contributed by atoms with Crippen LogP contribution in [0.15, 0.2) is 16.8 Å². The van der Waals surface area contributed by atoms with Crippen molar-refractivity contribution in [2.45, 2.75) is 78.2 Å². The Morgan fingerprint density at radius 1 is 1.12 bits per heavy atom. The largest absolute Gasteiger partial charge is 0.393 e. The molecule has 0 aromatic carbocycles. The van der Waals surface area contributed by atoms with Gasteiger partial charge in [-0.3, -0.25) is 0 Å². The summed E-state index contributed by atoms with van der Waals surface area (Å²) in [7, 11) is 4.09. The predicted octanol–water partition coefficient (Wildman–Crippen LogP) is 4.86. The van der Waals surface area contributed by atoms with E-state index in [9.17, 15) is 5.11 Å². The highest BCUT2D eigenvalue weighted by molar-refractivity contribution is 5.85. The van der Waals surface area contributed by atoms with Crippen LogP contribution in [-0.4, -0.2) is 36.0 Å². The summed E-state index contributed by atoms with van der Waals surface area (Å²) in [6.45, 7) is 7.36. The van der Waals surface area contributed by atoms with Gasteiger partial charge >= 0.3 is 0 Å². The Bertz CT molecular complexity index is 624. The van der Waals surface area contributed by atoms with Crippen LogP contribution in [0.1, 0.15) is 72.1 Å². The average molecular weight is 359 g/mol. The van der Waals surface area contributed by atoms with Gasteiger partial charge in [0.25, 0.3) is 0 Å². The van der Waals surface area contributed by atoms with Crippen molar-refractivity contribution in [3.8, 4) is 0 Å². The summed E-state index contributed by atoms with van der Waals surface area (Å²) in [6.07, 6.45) is 12.2. The third kappa shape index (κ3) is 2.68. The fraction of sp³-hybridized carbons (Fsp3) is 0.870. The van der Waals surface area contributed by atoms with E-state index in [1.54, 1.807) is 5.57 Å². The van der Waals surface area contributed by atoms with Gasteiger partial charge in [-0.2, -0.15) is 5.10 Å². The molecule has 0 amide bonds. The minimum Gasteiger partial charge on any atom is -0.393 e. The summed E-state index contributed by atoms with van der Waals surface area (Å²) in [6, 6.07) is 0. The van der Waals surface area contributed by atoms with Crippen LogP contribution in [-0.2, 0) is 0 Å². The summed E-state index contributed by atoms with van der Waals surface area (Å²) in [4.78, 5) is 0. The Balaban J connectivity index is 1.62. The summed E-state index contributed by atoms with van der Waals surface area (Å²) < 4.78 is 0. The van der Waals surface area contributed by atoms with E-state index < -0.39 is 0 Å². The first-order valence-corrected chi connectivity index (χ1v) is 10.9. The number of hydrogen-bond acceptors (Lipinski definition) is 3. The molecule has 3 fully saturated rings. The van der Waals surface area contributed by atoms with Crippen LogP contribution in [0.5, 0.6) is 0 Å². The van der Waals surface area contributed by atoms with E-state index in [1.165, 1.54) is 44.2 Å². The Morgan fingerprint density at radius 3 is 2.62 bits per heavy atom. The van der Waals surface area contributed by atoms with Gasteiger partial charge in [0.2, 0.25) is 0 Å². The number of nitrogens with zero attached hydrogens (tertiary/aromatic N) is 2. The molecule has 0 heterocycles. The van der Waals surface area contributed by atoms with Crippen molar-refractivity contribution in [3.05, 3.63) is 11.6 Å². The lowest BCUT2D eigenvalue weighted by Gasteiger charge is -2.58. The second kappa shape index (κ2) is 6.36. The van der Waals surface area contributed by atoms with Crippen LogP contribution < -0.4 is 0 Å². The highest BCUT2D eigenvalue weighted by Gasteiger charge is 2.58. The fourth-order valence-electron chi connectivity index (χ4n) is 7.71. The van der Waals surface area contributed by atoms with E-state index >= 15 is 0 Å². The van der Waals surface area contributed by atoms with Crippen molar-refractivity contribution in [1.29, 1.82) is 0 Å². The molecule has 4 aliphatic carbocycles. The molecule has 0 aromatic heterocycles. The van der Waals surface area contributed by atoms with Crippen LogP contribution >= 0.6 is 0 Å². The van der Waals surface area contributed by atoms with E-state index in [0.717, 1.165) is 30.6 Å². The van der Waals surface area contributed by atoms with Crippen molar-refractivity contribution in [1.82, 2.24) is 5.01 Å². The van der Waals surface area contributed by atoms with Crippen molar-refractivity contribution in [3.63, 3.8) is 0 Å². The predicted molar refractivity (Wildman–Crippen MR) is 108 cm³/mol. The number of rotatable bonds is 2. The zero-order chi connectivity index (χ0) is 18.7. The van der Waals surface area contributed by atoms with Gasteiger partial charge in [0.15, 0.2) is 0 Å². The van der Waals surface area contributed by atoms with Crippen molar-refractivity contribution >= 4 is 5.71 Å². The second-order valence-corrected chi connectivity index (χ2v) is 10.4. The maximum absolute atomic E-state index is 10.2. The van der Waals surface area contributed by atoms with Gasteiger partial charge in [0.1, 0.15) is 0 Å². The fourth-order valence-corrected chi connectivity index (χ4v) is 7.71. The van der Waals surface area contributed by atoms with E-state index in [2.05, 4.69) is 26.8 Å². The molecule has 0 aromatic rings. The second-order valence-electron chi connectivity index (χ2n) is 10.4. The number of aliphatic hydroxyl groups is 1. The molecular weight excluding hydrogens is 320 g/mol. The van der Waals surface area contributed by atoms with E-state index in [-0.39, 0.29) is 6.10 Å². The first-order chi connectivity index (χ1) is 12.3. The summed E-state index contributed by atoms with van der Waals surface area (Å²) in [5.74, 6) is 3.18. The average Bonchev–Trinajstić information content (AvgIpc) is 2.92. The van der Waals surface area contributed by atoms with Crippen molar-refractivity contribution in [2.75, 3.05) is 14.1 Å². The van der Waals surface area contributed by atoms with Gasteiger partial charge in [-0.1, -0.05) is 25.5 Å². The molecule has 3 heteroatoms. The molecule has 0 radical (unpaired) electrons. The van der Waals surface area contributed by atoms with E-state index in [4.69, 9.17) is 5.10 Å². The lowest BCUT2D eigenvalue weighted by atomic mass is 9.47.